The summed E-state index contributed by atoms with van der Waals surface area (Å²) in [6, 6.07) is 15.0. The molecule has 0 radical (unpaired) electrons. The second-order valence-electron chi connectivity index (χ2n) is 5.87. The number of aryl methyl sites for hydroxylation is 2. The van der Waals surface area contributed by atoms with Crippen molar-refractivity contribution in [3.63, 3.8) is 0 Å². The molecule has 0 atom stereocenters. The number of Topliss-reactive ketones (excluding diaryl/α,β-unsaturated/α-hetero) is 1. The van der Waals surface area contributed by atoms with Crippen molar-refractivity contribution < 1.29 is 19.4 Å². The number of nitriles is 1. The summed E-state index contributed by atoms with van der Waals surface area (Å²) in [5.74, 6) is -1.17. The van der Waals surface area contributed by atoms with Crippen LogP contribution in [0.3, 0.4) is 0 Å². The Bertz CT molecular complexity index is 822. The molecule has 2 rings (SSSR count). The lowest BCUT2D eigenvalue weighted by atomic mass is 9.96. The fraction of sp³-hybridized carbons (Fsp3) is 0.286. The number of hydrogen-bond acceptors (Lipinski definition) is 5. The molecular formula is C21H21NO4. The zero-order valence-corrected chi connectivity index (χ0v) is 14.7. The summed E-state index contributed by atoms with van der Waals surface area (Å²) < 4.78 is 4.81. The average Bonchev–Trinajstić information content (AvgIpc) is 2.66. The van der Waals surface area contributed by atoms with E-state index in [-0.39, 0.29) is 42.1 Å². The third-order valence-corrected chi connectivity index (χ3v) is 4.00. The van der Waals surface area contributed by atoms with Crippen molar-refractivity contribution in [1.29, 1.82) is 5.26 Å². The molecular weight excluding hydrogens is 330 g/mol. The van der Waals surface area contributed by atoms with E-state index in [1.165, 1.54) is 0 Å². The molecule has 0 heterocycles. The highest BCUT2D eigenvalue weighted by molar-refractivity contribution is 6.00. The Hall–Kier alpha value is -3.13. The van der Waals surface area contributed by atoms with Crippen LogP contribution in [0.2, 0.25) is 0 Å². The average molecular weight is 351 g/mol. The number of hydrogen-bond donors (Lipinski definition) is 1. The number of phenolic OH excluding ortho intramolecular Hbond substituents is 1. The minimum absolute atomic E-state index is 0.0533. The first kappa shape index (κ1) is 19.2. The predicted octanol–water partition coefficient (Wildman–Crippen LogP) is 3.58. The Morgan fingerprint density at radius 3 is 2.42 bits per heavy atom. The highest BCUT2D eigenvalue weighted by Gasteiger charge is 2.18. The summed E-state index contributed by atoms with van der Waals surface area (Å²) in [6.07, 6.45) is 1.27. The van der Waals surface area contributed by atoms with E-state index < -0.39 is 5.97 Å². The van der Waals surface area contributed by atoms with Crippen LogP contribution in [0.5, 0.6) is 5.75 Å². The van der Waals surface area contributed by atoms with Crippen molar-refractivity contribution in [2.24, 2.45) is 0 Å². The molecule has 0 spiro atoms. The summed E-state index contributed by atoms with van der Waals surface area (Å²) in [5.41, 5.74) is 2.09. The molecule has 2 aromatic carbocycles. The predicted molar refractivity (Wildman–Crippen MR) is 96.9 cm³/mol. The minimum atomic E-state index is -0.457. The Morgan fingerprint density at radius 1 is 1.08 bits per heavy atom. The highest BCUT2D eigenvalue weighted by atomic mass is 16.5. The van der Waals surface area contributed by atoms with Crippen LogP contribution in [-0.4, -0.2) is 23.5 Å². The molecule has 0 aliphatic heterocycles. The summed E-state index contributed by atoms with van der Waals surface area (Å²) in [6.45, 7) is 1.95. The van der Waals surface area contributed by atoms with Crippen LogP contribution in [0.15, 0.2) is 42.5 Å². The van der Waals surface area contributed by atoms with Gasteiger partial charge in [0, 0.05) is 6.42 Å². The van der Waals surface area contributed by atoms with Crippen LogP contribution in [-0.2, 0) is 22.4 Å². The van der Waals surface area contributed by atoms with Crippen molar-refractivity contribution in [2.45, 2.75) is 32.6 Å². The van der Waals surface area contributed by atoms with Gasteiger partial charge in [0.25, 0.3) is 0 Å². The maximum atomic E-state index is 12.4. The quantitative estimate of drug-likeness (QED) is 0.580. The van der Waals surface area contributed by atoms with E-state index in [2.05, 4.69) is 0 Å². The second-order valence-corrected chi connectivity index (χ2v) is 5.87. The Kier molecular flexibility index (Phi) is 6.92. The topological polar surface area (TPSA) is 87.4 Å². The van der Waals surface area contributed by atoms with Gasteiger partial charge in [-0.15, -0.1) is 0 Å². The first-order valence-electron chi connectivity index (χ1n) is 8.53. The summed E-state index contributed by atoms with van der Waals surface area (Å²) >= 11 is 0. The van der Waals surface area contributed by atoms with Gasteiger partial charge in [0.2, 0.25) is 0 Å². The van der Waals surface area contributed by atoms with Crippen LogP contribution in [0.25, 0.3) is 0 Å². The number of rotatable bonds is 8. The van der Waals surface area contributed by atoms with Crippen molar-refractivity contribution in [2.75, 3.05) is 6.61 Å². The summed E-state index contributed by atoms with van der Waals surface area (Å²) in [4.78, 5) is 23.8. The third-order valence-electron chi connectivity index (χ3n) is 4.00. The van der Waals surface area contributed by atoms with Crippen LogP contribution in [0.1, 0.15) is 46.8 Å². The summed E-state index contributed by atoms with van der Waals surface area (Å²) in [7, 11) is 0. The van der Waals surface area contributed by atoms with Gasteiger partial charge in [-0.25, -0.2) is 0 Å². The molecule has 1 N–H and O–H groups in total. The smallest absolute Gasteiger partial charge is 0.306 e. The molecule has 0 aliphatic carbocycles. The van der Waals surface area contributed by atoms with Crippen molar-refractivity contribution in [1.82, 2.24) is 0 Å². The Labute approximate surface area is 152 Å². The summed E-state index contributed by atoms with van der Waals surface area (Å²) in [5, 5.41) is 19.4. The number of phenols is 1. The molecule has 0 unspecified atom stereocenters. The van der Waals surface area contributed by atoms with Gasteiger partial charge in [0.15, 0.2) is 5.78 Å². The lowest BCUT2D eigenvalue weighted by Crippen LogP contribution is -2.09. The fourth-order valence-corrected chi connectivity index (χ4v) is 2.65. The lowest BCUT2D eigenvalue weighted by Gasteiger charge is -2.09. The van der Waals surface area contributed by atoms with Gasteiger partial charge in [-0.3, -0.25) is 9.59 Å². The number of aromatic hydroxyl groups is 1. The number of benzene rings is 2. The first-order valence-corrected chi connectivity index (χ1v) is 8.53. The molecule has 0 aromatic heterocycles. The van der Waals surface area contributed by atoms with E-state index in [1.54, 1.807) is 19.1 Å². The van der Waals surface area contributed by atoms with Crippen LogP contribution >= 0.6 is 0 Å². The monoisotopic (exact) mass is 351 g/mol. The van der Waals surface area contributed by atoms with Crippen LogP contribution in [0, 0.1) is 11.3 Å². The van der Waals surface area contributed by atoms with Gasteiger partial charge in [-0.2, -0.15) is 5.26 Å². The van der Waals surface area contributed by atoms with Gasteiger partial charge >= 0.3 is 5.97 Å². The molecule has 26 heavy (non-hydrogen) atoms. The lowest BCUT2D eigenvalue weighted by molar-refractivity contribution is -0.143. The normalized spacial score (nSPS) is 10.2. The molecule has 0 bridgehead atoms. The van der Waals surface area contributed by atoms with Gasteiger partial charge in [0.1, 0.15) is 11.8 Å². The van der Waals surface area contributed by atoms with Crippen molar-refractivity contribution >= 4 is 11.8 Å². The molecule has 0 fully saturated rings. The molecule has 0 saturated heterocycles. The van der Waals surface area contributed by atoms with E-state index in [1.807, 2.05) is 36.4 Å². The maximum Gasteiger partial charge on any atom is 0.306 e. The van der Waals surface area contributed by atoms with Gasteiger partial charge in [-0.1, -0.05) is 30.3 Å². The fourth-order valence-electron chi connectivity index (χ4n) is 2.65. The zero-order chi connectivity index (χ0) is 18.9. The number of ether oxygens (including phenoxy) is 1. The van der Waals surface area contributed by atoms with E-state index in [0.717, 1.165) is 17.5 Å². The van der Waals surface area contributed by atoms with E-state index in [4.69, 9.17) is 4.74 Å². The third kappa shape index (κ3) is 5.18. The molecule has 5 nitrogen and oxygen atoms in total. The maximum absolute atomic E-state index is 12.4. The molecule has 0 amide bonds. The van der Waals surface area contributed by atoms with E-state index in [0.29, 0.717) is 6.42 Å². The number of esters is 1. The number of carbonyl (C=O) groups is 2. The largest absolute Gasteiger partial charge is 0.506 e. The van der Waals surface area contributed by atoms with Gasteiger partial charge in [-0.05, 0) is 43.0 Å². The zero-order valence-electron chi connectivity index (χ0n) is 14.7. The van der Waals surface area contributed by atoms with Crippen LogP contribution in [0.4, 0.5) is 0 Å². The molecule has 134 valence electrons. The van der Waals surface area contributed by atoms with E-state index >= 15 is 0 Å². The number of nitrogens with zero attached hydrogens (tertiary/aromatic N) is 1. The van der Waals surface area contributed by atoms with Crippen LogP contribution < -0.4 is 0 Å². The second kappa shape index (κ2) is 9.38. The van der Waals surface area contributed by atoms with Crippen molar-refractivity contribution in [3.8, 4) is 11.8 Å². The number of carbonyl (C=O) groups excluding carboxylic acids is 2. The molecule has 5 heteroatoms. The highest BCUT2D eigenvalue weighted by Crippen LogP contribution is 2.26. The van der Waals surface area contributed by atoms with Crippen molar-refractivity contribution in [3.05, 3.63) is 64.7 Å². The Morgan fingerprint density at radius 2 is 1.77 bits per heavy atom. The number of ketones is 1. The molecule has 2 aromatic rings. The standard InChI is InChI=1S/C21H21NO4/c1-2-26-20(24)11-10-19(23)18-13-16(12-17(14-22)21(18)25)9-8-15-6-4-3-5-7-15/h3-7,12-13,25H,2,8-11H2,1H3. The SMILES string of the molecule is CCOC(=O)CCC(=O)c1cc(CCc2ccccc2)cc(C#N)c1O. The minimum Gasteiger partial charge on any atom is -0.506 e. The Balaban J connectivity index is 2.16. The molecule has 0 saturated carbocycles. The van der Waals surface area contributed by atoms with Gasteiger partial charge in [0.05, 0.1) is 24.2 Å². The van der Waals surface area contributed by atoms with E-state index in [9.17, 15) is 20.0 Å². The molecule has 0 aliphatic rings. The first-order chi connectivity index (χ1) is 12.5. The van der Waals surface area contributed by atoms with Gasteiger partial charge < -0.3 is 9.84 Å².